The van der Waals surface area contributed by atoms with Crippen LogP contribution in [0.15, 0.2) is 0 Å². The summed E-state index contributed by atoms with van der Waals surface area (Å²) in [6.07, 6.45) is 1.66. The van der Waals surface area contributed by atoms with Crippen LogP contribution in [0.1, 0.15) is 136 Å². The Morgan fingerprint density at radius 1 is 0.705 bits per heavy atom. The van der Waals surface area contributed by atoms with E-state index in [0.717, 1.165) is 12.8 Å². The monoisotopic (exact) mass is 674 g/mol. The Kier molecular flexibility index (Phi) is 13.4. The van der Waals surface area contributed by atoms with Gasteiger partial charge in [-0.05, 0) is 64.2 Å². The molecule has 1 saturated carbocycles. The van der Waals surface area contributed by atoms with Crippen molar-refractivity contribution in [1.82, 2.24) is 0 Å². The summed E-state index contributed by atoms with van der Waals surface area (Å²) in [5.74, 6) is -1.72. The third kappa shape index (κ3) is 7.66. The highest BCUT2D eigenvalue weighted by atomic mass is 28.4. The van der Waals surface area contributed by atoms with Crippen molar-refractivity contribution >= 4 is 25.0 Å². The molecule has 2 N–H and O–H groups in total. The average molecular weight is 675 g/mol. The standard InChI is InChI=1S/C35H74O6Si3/c1-24(2)43(25(3)4,26(5)6)38-23-31-32(41-42(16,17)33(13,14)15)30(40-44(27(7)8,28(9)10)29(11)12)22-35(37,39-31)34(36)20-18-19-21-34/h24-32,36-37H,18-23H2,1-17H3/t30-,31-,32-,35?/m1/s1. The van der Waals surface area contributed by atoms with E-state index in [0.29, 0.717) is 52.7 Å². The zero-order chi connectivity index (χ0) is 34.3. The molecule has 0 radical (unpaired) electrons. The molecule has 9 heteroatoms. The first-order valence-electron chi connectivity index (χ1n) is 18.0. The van der Waals surface area contributed by atoms with E-state index in [1.807, 2.05) is 0 Å². The predicted molar refractivity (Wildman–Crippen MR) is 193 cm³/mol. The first-order chi connectivity index (χ1) is 19.8. The smallest absolute Gasteiger partial charge is 0.200 e. The first-order valence-corrected chi connectivity index (χ1v) is 25.2. The molecule has 0 amide bonds. The molecule has 0 aromatic heterocycles. The Hall–Kier alpha value is 0.411. The fourth-order valence-electron chi connectivity index (χ4n) is 8.95. The molecule has 2 aliphatic rings. The summed E-state index contributed by atoms with van der Waals surface area (Å²) in [6.45, 7) is 39.4. The van der Waals surface area contributed by atoms with E-state index in [1.54, 1.807) is 0 Å². The Morgan fingerprint density at radius 3 is 1.48 bits per heavy atom. The molecule has 1 aliphatic heterocycles. The van der Waals surface area contributed by atoms with E-state index in [9.17, 15) is 10.2 Å². The van der Waals surface area contributed by atoms with Crippen LogP contribution in [0, 0.1) is 0 Å². The molecule has 4 atom stereocenters. The molecule has 0 spiro atoms. The van der Waals surface area contributed by atoms with Crippen LogP contribution >= 0.6 is 0 Å². The highest BCUT2D eigenvalue weighted by molar-refractivity contribution is 6.78. The van der Waals surface area contributed by atoms with Gasteiger partial charge in [0, 0.05) is 6.42 Å². The Labute approximate surface area is 276 Å². The highest BCUT2D eigenvalue weighted by Crippen LogP contribution is 2.51. The van der Waals surface area contributed by atoms with Gasteiger partial charge in [0.25, 0.3) is 0 Å². The van der Waals surface area contributed by atoms with Crippen molar-refractivity contribution in [2.75, 3.05) is 6.61 Å². The molecule has 2 fully saturated rings. The SMILES string of the molecule is CC(C)[Si](OC[C@H]1OC(O)(C2(O)CCCC2)C[C@@H](O[Si](C(C)C)(C(C)C)C(C)C)[C@H]1O[Si](C)(C)C(C)(C)C)(C(C)C)C(C)C. The second-order valence-electron chi connectivity index (χ2n) is 17.8. The molecular formula is C35H74O6Si3. The minimum absolute atomic E-state index is 0.0185. The molecule has 1 saturated heterocycles. The summed E-state index contributed by atoms with van der Waals surface area (Å²) < 4.78 is 29.0. The van der Waals surface area contributed by atoms with Gasteiger partial charge in [0.05, 0.1) is 18.8 Å². The number of rotatable bonds is 14. The van der Waals surface area contributed by atoms with Crippen LogP contribution in [-0.2, 0) is 18.0 Å². The van der Waals surface area contributed by atoms with Gasteiger partial charge in [0.1, 0.15) is 11.7 Å². The van der Waals surface area contributed by atoms with E-state index in [-0.39, 0.29) is 11.5 Å². The van der Waals surface area contributed by atoms with Crippen molar-refractivity contribution in [2.24, 2.45) is 0 Å². The van der Waals surface area contributed by atoms with Gasteiger partial charge in [-0.25, -0.2) is 0 Å². The molecule has 1 heterocycles. The lowest BCUT2D eigenvalue weighted by molar-refractivity contribution is -0.359. The zero-order valence-electron chi connectivity index (χ0n) is 32.0. The molecule has 262 valence electrons. The Bertz CT molecular complexity index is 863. The van der Waals surface area contributed by atoms with Gasteiger partial charge < -0.3 is 28.2 Å². The van der Waals surface area contributed by atoms with E-state index < -0.39 is 54.7 Å². The van der Waals surface area contributed by atoms with E-state index in [4.69, 9.17) is 18.0 Å². The molecule has 0 aromatic rings. The van der Waals surface area contributed by atoms with Crippen molar-refractivity contribution < 1.29 is 28.2 Å². The van der Waals surface area contributed by atoms with Gasteiger partial charge in [-0.15, -0.1) is 0 Å². The van der Waals surface area contributed by atoms with Gasteiger partial charge >= 0.3 is 0 Å². The van der Waals surface area contributed by atoms with Crippen LogP contribution in [-0.4, -0.2) is 71.5 Å². The third-order valence-electron chi connectivity index (χ3n) is 12.2. The average Bonchev–Trinajstić information content (AvgIpc) is 3.30. The van der Waals surface area contributed by atoms with Gasteiger partial charge in [0.2, 0.25) is 8.32 Å². The quantitative estimate of drug-likeness (QED) is 0.179. The lowest BCUT2D eigenvalue weighted by atomic mass is 9.82. The number of hydrogen-bond donors (Lipinski definition) is 2. The zero-order valence-corrected chi connectivity index (χ0v) is 35.0. The Morgan fingerprint density at radius 2 is 1.11 bits per heavy atom. The number of hydrogen-bond acceptors (Lipinski definition) is 6. The van der Waals surface area contributed by atoms with Gasteiger partial charge in [-0.3, -0.25) is 0 Å². The number of ether oxygens (including phenoxy) is 1. The molecule has 1 unspecified atom stereocenters. The third-order valence-corrected chi connectivity index (χ3v) is 28.9. The molecule has 0 aromatic carbocycles. The van der Waals surface area contributed by atoms with Crippen LogP contribution in [0.25, 0.3) is 0 Å². The van der Waals surface area contributed by atoms with Crippen molar-refractivity contribution in [3.05, 3.63) is 0 Å². The fraction of sp³-hybridized carbons (Fsp3) is 1.00. The second-order valence-corrected chi connectivity index (χ2v) is 33.5. The van der Waals surface area contributed by atoms with Crippen LogP contribution in [0.2, 0.25) is 51.4 Å². The van der Waals surface area contributed by atoms with E-state index in [1.165, 1.54) is 0 Å². The molecular weight excluding hydrogens is 601 g/mol. The van der Waals surface area contributed by atoms with Crippen LogP contribution in [0.4, 0.5) is 0 Å². The summed E-state index contributed by atoms with van der Waals surface area (Å²) in [5, 5.41) is 24.5. The minimum atomic E-state index is -2.39. The Balaban J connectivity index is 2.78. The second kappa shape index (κ2) is 14.5. The summed E-state index contributed by atoms with van der Waals surface area (Å²) in [5.41, 5.74) is 1.06. The summed E-state index contributed by atoms with van der Waals surface area (Å²) in [6, 6.07) is 0. The normalized spacial score (nSPS) is 27.6. The molecule has 0 bridgehead atoms. The van der Waals surface area contributed by atoms with Crippen LogP contribution < -0.4 is 0 Å². The summed E-state index contributed by atoms with van der Waals surface area (Å²) >= 11 is 0. The maximum atomic E-state index is 12.5. The first kappa shape index (κ1) is 40.6. The number of aliphatic hydroxyl groups is 2. The molecule has 6 nitrogen and oxygen atoms in total. The van der Waals surface area contributed by atoms with Gasteiger partial charge in [0.15, 0.2) is 22.4 Å². The highest BCUT2D eigenvalue weighted by Gasteiger charge is 2.62. The summed E-state index contributed by atoms with van der Waals surface area (Å²) in [4.78, 5) is 0. The topological polar surface area (TPSA) is 77.4 Å². The van der Waals surface area contributed by atoms with E-state index in [2.05, 4.69) is 117 Å². The van der Waals surface area contributed by atoms with Crippen LogP contribution in [0.3, 0.4) is 0 Å². The maximum Gasteiger partial charge on any atom is 0.200 e. The van der Waals surface area contributed by atoms with Crippen molar-refractivity contribution in [2.45, 2.75) is 217 Å². The van der Waals surface area contributed by atoms with Crippen molar-refractivity contribution in [3.8, 4) is 0 Å². The lowest BCUT2D eigenvalue weighted by Gasteiger charge is -2.56. The molecule has 1 aliphatic carbocycles. The van der Waals surface area contributed by atoms with Gasteiger partial charge in [-0.2, -0.15) is 0 Å². The fourth-order valence-corrected chi connectivity index (χ4v) is 21.3. The van der Waals surface area contributed by atoms with E-state index >= 15 is 0 Å². The molecule has 2 rings (SSSR count). The summed E-state index contributed by atoms with van der Waals surface area (Å²) in [7, 11) is -6.95. The largest absolute Gasteiger partial charge is 0.413 e. The van der Waals surface area contributed by atoms with Crippen LogP contribution in [0.5, 0.6) is 0 Å². The van der Waals surface area contributed by atoms with Crippen molar-refractivity contribution in [3.63, 3.8) is 0 Å². The van der Waals surface area contributed by atoms with Crippen molar-refractivity contribution in [1.29, 1.82) is 0 Å². The maximum absolute atomic E-state index is 12.5. The lowest BCUT2D eigenvalue weighted by Crippen LogP contribution is -2.69. The molecule has 44 heavy (non-hydrogen) atoms. The predicted octanol–water partition coefficient (Wildman–Crippen LogP) is 9.91. The minimum Gasteiger partial charge on any atom is -0.413 e. The van der Waals surface area contributed by atoms with Gasteiger partial charge in [-0.1, -0.05) is 117 Å².